The lowest BCUT2D eigenvalue weighted by molar-refractivity contribution is -0.671. The molecule has 0 aliphatic rings. The maximum absolute atomic E-state index is 9.42. The average molecular weight is 501 g/mol. The van der Waals surface area contributed by atoms with Crippen LogP contribution in [0.2, 0.25) is 0 Å². The fourth-order valence-electron chi connectivity index (χ4n) is 3.63. The molecule has 36 heavy (non-hydrogen) atoms. The molecule has 10 heteroatoms. The summed E-state index contributed by atoms with van der Waals surface area (Å²) in [5.74, 6) is 0. The highest BCUT2D eigenvalue weighted by molar-refractivity contribution is 7.16. The van der Waals surface area contributed by atoms with Crippen LogP contribution in [0, 0.1) is 29.6 Å². The summed E-state index contributed by atoms with van der Waals surface area (Å²) in [7, 11) is 3.78. The first-order valence-electron chi connectivity index (χ1n) is 11.5. The number of allylic oxidation sites excluding steroid dienone is 1. The van der Waals surface area contributed by atoms with Crippen molar-refractivity contribution in [2.75, 3.05) is 31.6 Å². The summed E-state index contributed by atoms with van der Waals surface area (Å²) in [6.07, 6.45) is 12.0. The van der Waals surface area contributed by atoms with E-state index in [4.69, 9.17) is 0 Å². The topological polar surface area (TPSA) is 99.9 Å². The summed E-state index contributed by atoms with van der Waals surface area (Å²) < 4.78 is 4.19. The molecule has 0 N–H and O–H groups in total. The number of rotatable bonds is 11. The zero-order valence-corrected chi connectivity index (χ0v) is 21.9. The number of hydrogen-bond acceptors (Lipinski definition) is 7. The highest BCUT2D eigenvalue weighted by atomic mass is 32.1. The molecule has 184 valence electrons. The number of azo groups is 1. The van der Waals surface area contributed by atoms with Gasteiger partial charge in [0.15, 0.2) is 5.00 Å². The van der Waals surface area contributed by atoms with Gasteiger partial charge in [-0.2, -0.15) is 10.5 Å². The Morgan fingerprint density at radius 2 is 1.89 bits per heavy atom. The van der Waals surface area contributed by atoms with E-state index in [2.05, 4.69) is 54.3 Å². The second-order valence-electron chi connectivity index (χ2n) is 8.07. The summed E-state index contributed by atoms with van der Waals surface area (Å²) >= 11 is 1.18. The molecule has 0 unspecified atom stereocenters. The molecular formula is C26H30N9S+. The van der Waals surface area contributed by atoms with Crippen LogP contribution in [0.3, 0.4) is 0 Å². The summed E-state index contributed by atoms with van der Waals surface area (Å²) in [5.41, 5.74) is 2.82. The molecule has 0 spiro atoms. The van der Waals surface area contributed by atoms with Crippen LogP contribution in [-0.2, 0) is 13.6 Å². The maximum Gasteiger partial charge on any atom is 0.243 e. The summed E-state index contributed by atoms with van der Waals surface area (Å²) in [6, 6.07) is 12.1. The predicted molar refractivity (Wildman–Crippen MR) is 143 cm³/mol. The fraction of sp³-hybridized carbons (Fsp3) is 0.308. The molecule has 0 amide bonds. The molecule has 0 aliphatic heterocycles. The molecule has 0 radical (unpaired) electrons. The molecule has 2 aromatic heterocycles. The minimum Gasteiger partial charge on any atom is -0.366 e. The van der Waals surface area contributed by atoms with Crippen LogP contribution in [0.4, 0.5) is 16.4 Å². The van der Waals surface area contributed by atoms with E-state index in [9.17, 15) is 10.5 Å². The second-order valence-corrected chi connectivity index (χ2v) is 9.07. The van der Waals surface area contributed by atoms with E-state index in [1.54, 1.807) is 14.0 Å². The second kappa shape index (κ2) is 13.0. The quantitative estimate of drug-likeness (QED) is 0.163. The van der Waals surface area contributed by atoms with E-state index in [0.717, 1.165) is 31.9 Å². The van der Waals surface area contributed by atoms with Crippen LogP contribution in [-0.4, -0.2) is 42.5 Å². The van der Waals surface area contributed by atoms with Crippen molar-refractivity contribution >= 4 is 34.1 Å². The maximum atomic E-state index is 9.42. The number of anilines is 1. The van der Waals surface area contributed by atoms with Gasteiger partial charge in [0, 0.05) is 32.0 Å². The Bertz CT molecular complexity index is 1300. The largest absolute Gasteiger partial charge is 0.366 e. The van der Waals surface area contributed by atoms with Crippen LogP contribution in [0.5, 0.6) is 0 Å². The van der Waals surface area contributed by atoms with E-state index in [0.29, 0.717) is 26.7 Å². The van der Waals surface area contributed by atoms with Gasteiger partial charge in [0.25, 0.3) is 0 Å². The molecule has 0 atom stereocenters. The van der Waals surface area contributed by atoms with Gasteiger partial charge in [0.2, 0.25) is 6.33 Å². The Kier molecular flexibility index (Phi) is 9.49. The van der Waals surface area contributed by atoms with Crippen molar-refractivity contribution in [3.05, 3.63) is 71.3 Å². The fourth-order valence-corrected chi connectivity index (χ4v) is 4.50. The minimum absolute atomic E-state index is 0.405. The smallest absolute Gasteiger partial charge is 0.243 e. The van der Waals surface area contributed by atoms with E-state index >= 15 is 0 Å². The first-order chi connectivity index (χ1) is 17.5. The third-order valence-corrected chi connectivity index (χ3v) is 6.58. The van der Waals surface area contributed by atoms with Gasteiger partial charge in [-0.25, -0.2) is 9.13 Å². The standard InChI is InChI=1S/C26H30N9S/c1-5-10-33(19-29-3)13-15-35(16-14-34-12-11-32(4)20-34)23-8-6-22(7-9-23)30-31-26-24(17-27)21(2)25(18-28)36-26/h5-12,19-20H,13-16H2,1-4H3/q+1/b10-5-,29-19?,31-30?. The number of nitriles is 2. The van der Waals surface area contributed by atoms with Gasteiger partial charge in [-0.3, -0.25) is 4.99 Å². The van der Waals surface area contributed by atoms with Gasteiger partial charge in [-0.1, -0.05) is 6.08 Å². The lowest BCUT2D eigenvalue weighted by Crippen LogP contribution is -2.34. The number of nitrogens with zero attached hydrogens (tertiary/aromatic N) is 9. The third-order valence-electron chi connectivity index (χ3n) is 5.50. The van der Waals surface area contributed by atoms with E-state index in [1.165, 1.54) is 11.3 Å². The molecule has 1 aromatic carbocycles. The number of hydrogen-bond donors (Lipinski definition) is 0. The Morgan fingerprint density at radius 3 is 2.50 bits per heavy atom. The van der Waals surface area contributed by atoms with Crippen molar-refractivity contribution in [1.29, 1.82) is 10.5 Å². The van der Waals surface area contributed by atoms with Crippen LogP contribution >= 0.6 is 11.3 Å². The molecule has 3 aromatic rings. The van der Waals surface area contributed by atoms with Crippen molar-refractivity contribution in [1.82, 2.24) is 9.47 Å². The molecule has 0 saturated carbocycles. The van der Waals surface area contributed by atoms with E-state index in [1.807, 2.05) is 67.6 Å². The van der Waals surface area contributed by atoms with Gasteiger partial charge in [0.1, 0.15) is 36.0 Å². The normalized spacial score (nSPS) is 11.4. The molecule has 3 rings (SSSR count). The van der Waals surface area contributed by atoms with Crippen LogP contribution in [0.1, 0.15) is 22.9 Å². The van der Waals surface area contributed by atoms with Gasteiger partial charge in [-0.15, -0.1) is 21.6 Å². The Morgan fingerprint density at radius 1 is 1.11 bits per heavy atom. The number of aliphatic imine (C=N–C) groups is 1. The molecule has 0 saturated heterocycles. The Hall–Kier alpha value is -4.28. The first-order valence-corrected chi connectivity index (χ1v) is 12.3. The number of benzene rings is 1. The highest BCUT2D eigenvalue weighted by Crippen LogP contribution is 2.35. The summed E-state index contributed by atoms with van der Waals surface area (Å²) in [6.45, 7) is 7.03. The molecule has 0 fully saturated rings. The van der Waals surface area contributed by atoms with Crippen LogP contribution in [0.25, 0.3) is 0 Å². The lowest BCUT2D eigenvalue weighted by atomic mass is 10.2. The van der Waals surface area contributed by atoms with Crippen molar-refractivity contribution < 1.29 is 4.57 Å². The predicted octanol–water partition coefficient (Wildman–Crippen LogP) is 4.84. The van der Waals surface area contributed by atoms with Gasteiger partial charge < -0.3 is 9.80 Å². The third kappa shape index (κ3) is 6.87. The van der Waals surface area contributed by atoms with Crippen molar-refractivity contribution in [3.8, 4) is 12.1 Å². The van der Waals surface area contributed by atoms with Crippen molar-refractivity contribution in [3.63, 3.8) is 0 Å². The number of aromatic nitrogens is 2. The Balaban J connectivity index is 1.77. The SMILES string of the molecule is C/C=C\N(C=NC)CCN(CCn1cc[n+](C)c1)c1ccc(N=Nc2sc(C#N)c(C)c2C#N)cc1. The van der Waals surface area contributed by atoms with E-state index < -0.39 is 0 Å². The molecule has 9 nitrogen and oxygen atoms in total. The summed E-state index contributed by atoms with van der Waals surface area (Å²) in [5, 5.41) is 27.7. The number of imidazole rings is 1. The minimum atomic E-state index is 0.405. The monoisotopic (exact) mass is 500 g/mol. The number of thiophene rings is 1. The first kappa shape index (κ1) is 26.3. The van der Waals surface area contributed by atoms with Gasteiger partial charge >= 0.3 is 0 Å². The molecule has 0 bridgehead atoms. The number of aryl methyl sites for hydroxylation is 1. The van der Waals surface area contributed by atoms with Gasteiger partial charge in [-0.05, 0) is 43.7 Å². The van der Waals surface area contributed by atoms with Gasteiger partial charge in [0.05, 0.1) is 31.2 Å². The lowest BCUT2D eigenvalue weighted by Gasteiger charge is -2.26. The van der Waals surface area contributed by atoms with Crippen LogP contribution in [0.15, 0.2) is 70.5 Å². The molecule has 2 heterocycles. The summed E-state index contributed by atoms with van der Waals surface area (Å²) in [4.78, 5) is 9.03. The average Bonchev–Trinajstić information content (AvgIpc) is 3.44. The van der Waals surface area contributed by atoms with E-state index in [-0.39, 0.29) is 0 Å². The Labute approximate surface area is 216 Å². The highest BCUT2D eigenvalue weighted by Gasteiger charge is 2.15. The van der Waals surface area contributed by atoms with Crippen LogP contribution < -0.4 is 9.47 Å². The zero-order chi connectivity index (χ0) is 25.9. The molecular weight excluding hydrogens is 470 g/mol. The van der Waals surface area contributed by atoms with Crippen molar-refractivity contribution in [2.45, 2.75) is 20.4 Å². The van der Waals surface area contributed by atoms with Crippen molar-refractivity contribution in [2.24, 2.45) is 22.3 Å². The molecule has 0 aliphatic carbocycles. The zero-order valence-electron chi connectivity index (χ0n) is 21.0.